The molecule has 4 heteroatoms. The van der Waals surface area contributed by atoms with Crippen molar-refractivity contribution in [3.05, 3.63) is 47.8 Å². The molecule has 1 aromatic heterocycles. The maximum absolute atomic E-state index is 6.02. The van der Waals surface area contributed by atoms with Crippen molar-refractivity contribution in [3.63, 3.8) is 0 Å². The quantitative estimate of drug-likeness (QED) is 0.838. The molecule has 2 rings (SSSR count). The summed E-state index contributed by atoms with van der Waals surface area (Å²) < 4.78 is 1.84. The standard InChI is InChI=1S/C15H22N4/c1-12(2)19(11-14-8-9-18(3)17-14)10-13-6-4-5-7-15(13)16/h4-9,12H,10-11,16H2,1-3H3. The number of para-hydroxylation sites is 1. The number of anilines is 1. The second kappa shape index (κ2) is 5.89. The predicted octanol–water partition coefficient (Wildman–Crippen LogP) is 2.41. The molecule has 0 fully saturated rings. The number of hydrogen-bond acceptors (Lipinski definition) is 3. The van der Waals surface area contributed by atoms with Crippen LogP contribution in [-0.4, -0.2) is 20.7 Å². The van der Waals surface area contributed by atoms with E-state index in [2.05, 4.69) is 36.0 Å². The first-order valence-electron chi connectivity index (χ1n) is 6.62. The third kappa shape index (κ3) is 3.58. The molecule has 0 aliphatic carbocycles. The number of aryl methyl sites for hydroxylation is 1. The maximum Gasteiger partial charge on any atom is 0.0764 e. The fourth-order valence-electron chi connectivity index (χ4n) is 2.07. The van der Waals surface area contributed by atoms with Gasteiger partial charge in [0.15, 0.2) is 0 Å². The van der Waals surface area contributed by atoms with Gasteiger partial charge in [0.05, 0.1) is 5.69 Å². The minimum atomic E-state index is 0.446. The average molecular weight is 258 g/mol. The number of hydrogen-bond donors (Lipinski definition) is 1. The smallest absolute Gasteiger partial charge is 0.0764 e. The Morgan fingerprint density at radius 3 is 2.53 bits per heavy atom. The molecule has 2 N–H and O–H groups in total. The second-order valence-corrected chi connectivity index (χ2v) is 5.18. The summed E-state index contributed by atoms with van der Waals surface area (Å²) in [4.78, 5) is 2.37. The maximum atomic E-state index is 6.02. The van der Waals surface area contributed by atoms with E-state index in [0.29, 0.717) is 6.04 Å². The molecule has 1 heterocycles. The summed E-state index contributed by atoms with van der Waals surface area (Å²) in [6, 6.07) is 10.5. The zero-order valence-corrected chi connectivity index (χ0v) is 11.9. The highest BCUT2D eigenvalue weighted by Gasteiger charge is 2.13. The van der Waals surface area contributed by atoms with Gasteiger partial charge in [-0.2, -0.15) is 5.10 Å². The Morgan fingerprint density at radius 2 is 1.95 bits per heavy atom. The Balaban J connectivity index is 2.11. The van der Waals surface area contributed by atoms with E-state index in [-0.39, 0.29) is 0 Å². The van der Waals surface area contributed by atoms with Gasteiger partial charge in [-0.3, -0.25) is 9.58 Å². The third-order valence-electron chi connectivity index (χ3n) is 3.29. The molecule has 4 nitrogen and oxygen atoms in total. The summed E-state index contributed by atoms with van der Waals surface area (Å²) in [5.41, 5.74) is 9.14. The van der Waals surface area contributed by atoms with Gasteiger partial charge in [0.25, 0.3) is 0 Å². The molecule has 0 saturated carbocycles. The Hall–Kier alpha value is -1.81. The van der Waals surface area contributed by atoms with Gasteiger partial charge in [0.1, 0.15) is 0 Å². The van der Waals surface area contributed by atoms with Gasteiger partial charge < -0.3 is 5.73 Å². The minimum Gasteiger partial charge on any atom is -0.398 e. The van der Waals surface area contributed by atoms with Crippen molar-refractivity contribution >= 4 is 5.69 Å². The number of benzene rings is 1. The number of aromatic nitrogens is 2. The molecule has 0 spiro atoms. The lowest BCUT2D eigenvalue weighted by atomic mass is 10.1. The lowest BCUT2D eigenvalue weighted by Gasteiger charge is -2.26. The van der Waals surface area contributed by atoms with Crippen molar-refractivity contribution in [3.8, 4) is 0 Å². The Labute approximate surface area is 114 Å². The molecule has 102 valence electrons. The molecular weight excluding hydrogens is 236 g/mol. The summed E-state index contributed by atoms with van der Waals surface area (Å²) in [5, 5.41) is 4.44. The fraction of sp³-hybridized carbons (Fsp3) is 0.400. The van der Waals surface area contributed by atoms with E-state index in [1.54, 1.807) is 0 Å². The van der Waals surface area contributed by atoms with E-state index in [1.165, 1.54) is 5.56 Å². The van der Waals surface area contributed by atoms with Crippen LogP contribution in [0.3, 0.4) is 0 Å². The van der Waals surface area contributed by atoms with Crippen molar-refractivity contribution in [1.82, 2.24) is 14.7 Å². The number of nitrogens with zero attached hydrogens (tertiary/aromatic N) is 3. The predicted molar refractivity (Wildman–Crippen MR) is 78.4 cm³/mol. The van der Waals surface area contributed by atoms with Crippen LogP contribution in [0.5, 0.6) is 0 Å². The molecule has 19 heavy (non-hydrogen) atoms. The molecule has 2 aromatic rings. The molecule has 0 atom stereocenters. The molecule has 1 aromatic carbocycles. The lowest BCUT2D eigenvalue weighted by Crippen LogP contribution is -2.30. The highest BCUT2D eigenvalue weighted by Crippen LogP contribution is 2.16. The van der Waals surface area contributed by atoms with Crippen LogP contribution in [0.1, 0.15) is 25.1 Å². The van der Waals surface area contributed by atoms with Crippen LogP contribution in [0, 0.1) is 0 Å². The molecule has 0 bridgehead atoms. The normalized spacial score (nSPS) is 11.4. The van der Waals surface area contributed by atoms with Crippen LogP contribution in [0.15, 0.2) is 36.5 Å². The second-order valence-electron chi connectivity index (χ2n) is 5.18. The lowest BCUT2D eigenvalue weighted by molar-refractivity contribution is 0.201. The largest absolute Gasteiger partial charge is 0.398 e. The zero-order chi connectivity index (χ0) is 13.8. The van der Waals surface area contributed by atoms with Gasteiger partial charge in [-0.05, 0) is 31.5 Å². The van der Waals surface area contributed by atoms with Gasteiger partial charge in [-0.1, -0.05) is 18.2 Å². The summed E-state index contributed by atoms with van der Waals surface area (Å²) >= 11 is 0. The van der Waals surface area contributed by atoms with Crippen LogP contribution >= 0.6 is 0 Å². The topological polar surface area (TPSA) is 47.1 Å². The van der Waals surface area contributed by atoms with Crippen LogP contribution in [0.4, 0.5) is 5.69 Å². The first-order valence-corrected chi connectivity index (χ1v) is 6.62. The summed E-state index contributed by atoms with van der Waals surface area (Å²) in [5.74, 6) is 0. The molecule has 0 aliphatic rings. The third-order valence-corrected chi connectivity index (χ3v) is 3.29. The van der Waals surface area contributed by atoms with Gasteiger partial charge in [0, 0.05) is 38.1 Å². The summed E-state index contributed by atoms with van der Waals surface area (Å²) in [6.45, 7) is 6.08. The number of rotatable bonds is 5. The van der Waals surface area contributed by atoms with Crippen LogP contribution < -0.4 is 5.73 Å². The van der Waals surface area contributed by atoms with E-state index in [0.717, 1.165) is 24.5 Å². The average Bonchev–Trinajstić information content (AvgIpc) is 2.76. The highest BCUT2D eigenvalue weighted by atomic mass is 15.3. The van der Waals surface area contributed by atoms with E-state index >= 15 is 0 Å². The van der Waals surface area contributed by atoms with Crippen molar-refractivity contribution in [2.24, 2.45) is 7.05 Å². The van der Waals surface area contributed by atoms with Crippen molar-refractivity contribution in [1.29, 1.82) is 0 Å². The van der Waals surface area contributed by atoms with Gasteiger partial charge in [0.2, 0.25) is 0 Å². The molecule has 0 amide bonds. The van der Waals surface area contributed by atoms with Crippen molar-refractivity contribution < 1.29 is 0 Å². The van der Waals surface area contributed by atoms with Crippen LogP contribution in [-0.2, 0) is 20.1 Å². The highest BCUT2D eigenvalue weighted by molar-refractivity contribution is 5.46. The zero-order valence-electron chi connectivity index (χ0n) is 11.9. The molecule has 0 radical (unpaired) electrons. The van der Waals surface area contributed by atoms with E-state index in [1.807, 2.05) is 36.1 Å². The van der Waals surface area contributed by atoms with E-state index in [4.69, 9.17) is 5.73 Å². The summed E-state index contributed by atoms with van der Waals surface area (Å²) in [7, 11) is 1.94. The van der Waals surface area contributed by atoms with Crippen molar-refractivity contribution in [2.45, 2.75) is 33.0 Å². The van der Waals surface area contributed by atoms with E-state index in [9.17, 15) is 0 Å². The van der Waals surface area contributed by atoms with Gasteiger partial charge in [-0.25, -0.2) is 0 Å². The fourth-order valence-corrected chi connectivity index (χ4v) is 2.07. The van der Waals surface area contributed by atoms with Gasteiger partial charge >= 0.3 is 0 Å². The van der Waals surface area contributed by atoms with E-state index < -0.39 is 0 Å². The van der Waals surface area contributed by atoms with Crippen LogP contribution in [0.25, 0.3) is 0 Å². The van der Waals surface area contributed by atoms with Crippen LogP contribution in [0.2, 0.25) is 0 Å². The Bertz CT molecular complexity index is 530. The van der Waals surface area contributed by atoms with Crippen molar-refractivity contribution in [2.75, 3.05) is 5.73 Å². The first-order chi connectivity index (χ1) is 9.06. The number of nitrogens with two attached hydrogens (primary N) is 1. The summed E-state index contributed by atoms with van der Waals surface area (Å²) in [6.07, 6.45) is 1.98. The Kier molecular flexibility index (Phi) is 4.22. The van der Waals surface area contributed by atoms with Gasteiger partial charge in [-0.15, -0.1) is 0 Å². The monoisotopic (exact) mass is 258 g/mol. The SMILES string of the molecule is CC(C)N(Cc1ccn(C)n1)Cc1ccccc1N. The molecule has 0 saturated heterocycles. The minimum absolute atomic E-state index is 0.446. The molecule has 0 unspecified atom stereocenters. The number of nitrogen functional groups attached to an aromatic ring is 1. The first kappa shape index (κ1) is 13.6. The molecular formula is C15H22N4. The molecule has 0 aliphatic heterocycles. The Morgan fingerprint density at radius 1 is 1.21 bits per heavy atom.